The maximum atomic E-state index is 16.4. The van der Waals surface area contributed by atoms with E-state index in [1.165, 1.54) is 13.2 Å². The van der Waals surface area contributed by atoms with Gasteiger partial charge in [0, 0.05) is 53.3 Å². The summed E-state index contributed by atoms with van der Waals surface area (Å²) in [6.45, 7) is 2.87. The highest BCUT2D eigenvalue weighted by Crippen LogP contribution is 2.47. The topological polar surface area (TPSA) is 98.6 Å². The minimum Gasteiger partial charge on any atom is -0.494 e. The average Bonchev–Trinajstić information content (AvgIpc) is 3.53. The first-order valence-electron chi connectivity index (χ1n) is 12.8. The maximum absolute atomic E-state index is 16.4. The smallest absolute Gasteiger partial charge is 0.335 e. The SMILES string of the molecule is COc1cc(-n2c(C3CCOCC3)c([C@H]3CC[C@](C)(C(=O)O)OC3)c3c(F)c4[nH]ncc4cc32)ccc1F. The van der Waals surface area contributed by atoms with Crippen LogP contribution in [0.15, 0.2) is 30.5 Å². The standard InChI is InChI=1S/C28H29F2N3O5/c1-28(27(34)35)8-5-16(14-38-28)22-23-20(11-17-13-31-32-25(17)24(23)30)33(26(22)15-6-9-37-10-7-15)18-3-4-19(29)21(12-18)36-2/h3-4,11-13,15-16H,5-10,14H2,1-2H3,(H,31,32)(H,34,35)/t16-,28+/m0/s1. The summed E-state index contributed by atoms with van der Waals surface area (Å²) in [5, 5.41) is 17.6. The van der Waals surface area contributed by atoms with Gasteiger partial charge in [0.2, 0.25) is 0 Å². The second kappa shape index (κ2) is 9.36. The Balaban J connectivity index is 1.65. The lowest BCUT2D eigenvalue weighted by Gasteiger charge is -2.35. The first-order valence-corrected chi connectivity index (χ1v) is 12.8. The second-order valence-electron chi connectivity index (χ2n) is 10.3. The Bertz CT molecular complexity index is 1530. The number of hydrogen-bond donors (Lipinski definition) is 2. The fourth-order valence-electron chi connectivity index (χ4n) is 5.99. The van der Waals surface area contributed by atoms with Gasteiger partial charge in [-0.2, -0.15) is 5.10 Å². The highest BCUT2D eigenvalue weighted by Gasteiger charge is 2.42. The molecule has 2 aromatic heterocycles. The summed E-state index contributed by atoms with van der Waals surface area (Å²) in [6.07, 6.45) is 3.87. The number of aliphatic carboxylic acids is 1. The fourth-order valence-corrected chi connectivity index (χ4v) is 5.99. The van der Waals surface area contributed by atoms with Crippen molar-refractivity contribution < 1.29 is 32.9 Å². The zero-order chi connectivity index (χ0) is 26.6. The van der Waals surface area contributed by atoms with Crippen LogP contribution in [0.1, 0.15) is 55.7 Å². The summed E-state index contributed by atoms with van der Waals surface area (Å²) in [5.74, 6) is -2.01. The Labute approximate surface area is 217 Å². The van der Waals surface area contributed by atoms with Crippen molar-refractivity contribution in [2.24, 2.45) is 0 Å². The van der Waals surface area contributed by atoms with E-state index in [9.17, 15) is 14.3 Å². The van der Waals surface area contributed by atoms with Crippen molar-refractivity contribution in [1.29, 1.82) is 0 Å². The fraction of sp³-hybridized carbons (Fsp3) is 0.429. The monoisotopic (exact) mass is 525 g/mol. The molecule has 2 aliphatic heterocycles. The van der Waals surface area contributed by atoms with Crippen LogP contribution in [0.3, 0.4) is 0 Å². The van der Waals surface area contributed by atoms with Crippen LogP contribution in [0.5, 0.6) is 5.75 Å². The van der Waals surface area contributed by atoms with Gasteiger partial charge in [-0.3, -0.25) is 5.10 Å². The van der Waals surface area contributed by atoms with E-state index in [-0.39, 0.29) is 24.2 Å². The molecular weight excluding hydrogens is 496 g/mol. The van der Waals surface area contributed by atoms with Gasteiger partial charge < -0.3 is 23.9 Å². The zero-order valence-corrected chi connectivity index (χ0v) is 21.2. The number of nitrogens with one attached hydrogen (secondary N) is 1. The van der Waals surface area contributed by atoms with E-state index in [0.29, 0.717) is 53.5 Å². The summed E-state index contributed by atoms with van der Waals surface area (Å²) in [5.41, 5.74) is 2.02. The largest absolute Gasteiger partial charge is 0.494 e. The molecular formula is C28H29F2N3O5. The summed E-state index contributed by atoms with van der Waals surface area (Å²) < 4.78 is 49.6. The van der Waals surface area contributed by atoms with E-state index >= 15 is 4.39 Å². The average molecular weight is 526 g/mol. The molecule has 2 fully saturated rings. The highest BCUT2D eigenvalue weighted by atomic mass is 19.1. The normalized spacial score (nSPS) is 22.8. The van der Waals surface area contributed by atoms with E-state index in [4.69, 9.17) is 14.2 Å². The molecule has 2 aliphatic rings. The van der Waals surface area contributed by atoms with Crippen LogP contribution in [0.2, 0.25) is 0 Å². The summed E-state index contributed by atoms with van der Waals surface area (Å²) in [7, 11) is 1.41. The van der Waals surface area contributed by atoms with Crippen molar-refractivity contribution >= 4 is 27.8 Å². The number of aromatic nitrogens is 3. The van der Waals surface area contributed by atoms with Gasteiger partial charge in [0.25, 0.3) is 0 Å². The molecule has 0 bridgehead atoms. The van der Waals surface area contributed by atoms with Gasteiger partial charge in [-0.1, -0.05) is 0 Å². The molecule has 2 saturated heterocycles. The molecule has 4 aromatic rings. The van der Waals surface area contributed by atoms with Gasteiger partial charge in [0.1, 0.15) is 5.52 Å². The van der Waals surface area contributed by atoms with E-state index in [2.05, 4.69) is 10.2 Å². The third-order valence-electron chi connectivity index (χ3n) is 8.12. The van der Waals surface area contributed by atoms with Crippen molar-refractivity contribution in [3.05, 3.63) is 53.4 Å². The number of H-pyrrole nitrogens is 1. The maximum Gasteiger partial charge on any atom is 0.335 e. The summed E-state index contributed by atoms with van der Waals surface area (Å²) in [6, 6.07) is 6.53. The van der Waals surface area contributed by atoms with Gasteiger partial charge in [-0.25, -0.2) is 13.6 Å². The Kier molecular flexibility index (Phi) is 6.11. The number of benzene rings is 2. The first kappa shape index (κ1) is 24.8. The third-order valence-corrected chi connectivity index (χ3v) is 8.12. The molecule has 4 heterocycles. The second-order valence-corrected chi connectivity index (χ2v) is 10.3. The molecule has 0 amide bonds. The van der Waals surface area contributed by atoms with Crippen LogP contribution in [-0.4, -0.2) is 58.4 Å². The lowest BCUT2D eigenvalue weighted by molar-refractivity contribution is -0.170. The van der Waals surface area contributed by atoms with Crippen molar-refractivity contribution in [3.8, 4) is 11.4 Å². The number of rotatable bonds is 5. The number of carboxylic acid groups (broad SMARTS) is 1. The number of hydrogen-bond acceptors (Lipinski definition) is 5. The number of methoxy groups -OCH3 is 1. The number of carboxylic acids is 1. The quantitative estimate of drug-likeness (QED) is 0.361. The van der Waals surface area contributed by atoms with Gasteiger partial charge in [0.05, 0.1) is 25.4 Å². The van der Waals surface area contributed by atoms with Crippen LogP contribution in [-0.2, 0) is 14.3 Å². The Morgan fingerprint density at radius 1 is 1.21 bits per heavy atom. The van der Waals surface area contributed by atoms with Crippen LogP contribution in [0.25, 0.3) is 27.5 Å². The van der Waals surface area contributed by atoms with Crippen LogP contribution < -0.4 is 4.74 Å². The third kappa shape index (κ3) is 3.85. The number of halogens is 2. The number of carbonyl (C=O) groups is 1. The van der Waals surface area contributed by atoms with E-state index in [0.717, 1.165) is 24.1 Å². The summed E-state index contributed by atoms with van der Waals surface area (Å²) in [4.78, 5) is 11.8. The van der Waals surface area contributed by atoms with Crippen LogP contribution in [0, 0.1) is 11.6 Å². The molecule has 0 saturated carbocycles. The molecule has 2 N–H and O–H groups in total. The van der Waals surface area contributed by atoms with Gasteiger partial charge in [-0.05, 0) is 56.4 Å². The minimum absolute atomic E-state index is 0.0471. The van der Waals surface area contributed by atoms with E-state index < -0.39 is 23.2 Å². The molecule has 0 unspecified atom stereocenters. The lowest BCUT2D eigenvalue weighted by Crippen LogP contribution is -2.43. The van der Waals surface area contributed by atoms with Crippen molar-refractivity contribution in [2.45, 2.75) is 50.0 Å². The molecule has 200 valence electrons. The number of fused-ring (bicyclic) bond motifs is 2. The molecule has 2 atom stereocenters. The molecule has 38 heavy (non-hydrogen) atoms. The molecule has 6 rings (SSSR count). The van der Waals surface area contributed by atoms with Crippen molar-refractivity contribution in [2.75, 3.05) is 26.9 Å². The van der Waals surface area contributed by atoms with E-state index in [1.807, 2.05) is 10.6 Å². The number of nitrogens with zero attached hydrogens (tertiary/aromatic N) is 2. The number of ether oxygens (including phenoxy) is 3. The lowest BCUT2D eigenvalue weighted by atomic mass is 9.81. The molecule has 8 nitrogen and oxygen atoms in total. The Morgan fingerprint density at radius 3 is 2.68 bits per heavy atom. The molecule has 0 aliphatic carbocycles. The highest BCUT2D eigenvalue weighted by molar-refractivity contribution is 6.00. The van der Waals surface area contributed by atoms with Crippen molar-refractivity contribution in [1.82, 2.24) is 14.8 Å². The molecule has 0 spiro atoms. The number of aromatic amines is 1. The van der Waals surface area contributed by atoms with Gasteiger partial charge in [0.15, 0.2) is 23.0 Å². The van der Waals surface area contributed by atoms with Crippen molar-refractivity contribution in [3.63, 3.8) is 0 Å². The zero-order valence-electron chi connectivity index (χ0n) is 21.2. The summed E-state index contributed by atoms with van der Waals surface area (Å²) >= 11 is 0. The Morgan fingerprint density at radius 2 is 2.00 bits per heavy atom. The molecule has 0 radical (unpaired) electrons. The minimum atomic E-state index is -1.28. The molecule has 2 aromatic carbocycles. The van der Waals surface area contributed by atoms with Gasteiger partial charge in [-0.15, -0.1) is 0 Å². The van der Waals surface area contributed by atoms with E-state index in [1.54, 1.807) is 25.3 Å². The predicted molar refractivity (Wildman–Crippen MR) is 136 cm³/mol. The predicted octanol–water partition coefficient (Wildman–Crippen LogP) is 5.42. The first-order chi connectivity index (χ1) is 18.3. The molecule has 10 heteroatoms. The van der Waals surface area contributed by atoms with Crippen LogP contribution in [0.4, 0.5) is 8.78 Å². The van der Waals surface area contributed by atoms with Crippen LogP contribution >= 0.6 is 0 Å². The van der Waals surface area contributed by atoms with Gasteiger partial charge >= 0.3 is 5.97 Å². The Hall–Kier alpha value is -3.50.